The lowest BCUT2D eigenvalue weighted by atomic mass is 10.1. The Hall–Kier alpha value is -2.07. The number of esters is 1. The van der Waals surface area contributed by atoms with Gasteiger partial charge in [0.15, 0.2) is 11.9 Å². The first-order valence-electron chi connectivity index (χ1n) is 6.22. The lowest BCUT2D eigenvalue weighted by molar-refractivity contribution is -0.143. The Bertz CT molecular complexity index is 496. The SMILES string of the molecule is C=C1OC([C@@H](O)CO)C(=O)C1=O.O=C1C=CC([C@@H](O)CO)O1. The van der Waals surface area contributed by atoms with Crippen LogP contribution in [0.3, 0.4) is 0 Å². The van der Waals surface area contributed by atoms with Crippen molar-refractivity contribution in [2.24, 2.45) is 0 Å². The zero-order valence-corrected chi connectivity index (χ0v) is 11.4. The molecule has 4 atom stereocenters. The van der Waals surface area contributed by atoms with Gasteiger partial charge < -0.3 is 29.9 Å². The molecule has 0 radical (unpaired) electrons. The van der Waals surface area contributed by atoms with Gasteiger partial charge in [0.2, 0.25) is 5.78 Å². The standard InChI is InChI=1S/C7H8O5.C6H8O4/c1-3-5(10)6(11)7(12-3)4(9)2-8;7-3-4(8)5-1-2-6(9)10-5/h4,7-9H,1-2H2;1-2,4-5,7-8H,3H2/t4-,7?;4-,5?/m00/s1. The molecule has 0 saturated carbocycles. The summed E-state index contributed by atoms with van der Waals surface area (Å²) in [5.74, 6) is -2.45. The number of ketones is 2. The number of carbonyl (C=O) groups is 3. The van der Waals surface area contributed by atoms with Gasteiger partial charge in [-0.25, -0.2) is 4.79 Å². The van der Waals surface area contributed by atoms with E-state index in [1.807, 2.05) is 0 Å². The minimum atomic E-state index is -1.36. The molecule has 4 N–H and O–H groups in total. The number of Topliss-reactive ketones (excluding diaryl/α,β-unsaturated/α-hetero) is 2. The summed E-state index contributed by atoms with van der Waals surface area (Å²) in [5.41, 5.74) is 0. The highest BCUT2D eigenvalue weighted by Crippen LogP contribution is 2.17. The summed E-state index contributed by atoms with van der Waals surface area (Å²) >= 11 is 0. The van der Waals surface area contributed by atoms with Crippen LogP contribution in [-0.4, -0.2) is 75.6 Å². The molecule has 22 heavy (non-hydrogen) atoms. The van der Waals surface area contributed by atoms with Crippen LogP contribution in [0, 0.1) is 0 Å². The summed E-state index contributed by atoms with van der Waals surface area (Å²) < 4.78 is 9.19. The molecule has 9 heteroatoms. The zero-order valence-electron chi connectivity index (χ0n) is 11.4. The van der Waals surface area contributed by atoms with Gasteiger partial charge in [-0.1, -0.05) is 6.58 Å². The summed E-state index contributed by atoms with van der Waals surface area (Å²) in [6.07, 6.45) is -1.66. The van der Waals surface area contributed by atoms with Crippen LogP contribution < -0.4 is 0 Å². The molecule has 1 saturated heterocycles. The van der Waals surface area contributed by atoms with Crippen molar-refractivity contribution < 1.29 is 44.3 Å². The van der Waals surface area contributed by atoms with Crippen LogP contribution >= 0.6 is 0 Å². The van der Waals surface area contributed by atoms with E-state index >= 15 is 0 Å². The number of hydrogen-bond donors (Lipinski definition) is 4. The molecule has 0 aromatic rings. The predicted octanol–water partition coefficient (Wildman–Crippen LogP) is -2.79. The number of hydrogen-bond acceptors (Lipinski definition) is 9. The van der Waals surface area contributed by atoms with Crippen molar-refractivity contribution in [2.75, 3.05) is 13.2 Å². The highest BCUT2D eigenvalue weighted by molar-refractivity contribution is 6.46. The van der Waals surface area contributed by atoms with Crippen LogP contribution in [0.5, 0.6) is 0 Å². The Morgan fingerprint density at radius 3 is 2.05 bits per heavy atom. The molecular formula is C13H16O9. The van der Waals surface area contributed by atoms with Gasteiger partial charge in [-0.15, -0.1) is 0 Å². The van der Waals surface area contributed by atoms with Gasteiger partial charge in [0.05, 0.1) is 13.2 Å². The largest absolute Gasteiger partial charge is 0.476 e. The molecule has 9 nitrogen and oxygen atoms in total. The number of ether oxygens (including phenoxy) is 2. The van der Waals surface area contributed by atoms with Gasteiger partial charge >= 0.3 is 5.97 Å². The molecule has 0 amide bonds. The molecule has 1 fully saturated rings. The Kier molecular flexibility index (Phi) is 6.38. The first-order chi connectivity index (χ1) is 10.3. The number of carbonyl (C=O) groups excluding carboxylic acids is 3. The second-order valence-corrected chi connectivity index (χ2v) is 4.42. The second kappa shape index (κ2) is 7.80. The third kappa shape index (κ3) is 4.21. The van der Waals surface area contributed by atoms with Gasteiger partial charge in [-0.2, -0.15) is 0 Å². The smallest absolute Gasteiger partial charge is 0.331 e. The normalized spacial score (nSPS) is 26.2. The molecule has 0 bridgehead atoms. The average Bonchev–Trinajstić information content (AvgIpc) is 3.05. The zero-order chi connectivity index (χ0) is 16.9. The minimum absolute atomic E-state index is 0.280. The maximum atomic E-state index is 10.9. The first kappa shape index (κ1) is 18.0. The molecule has 2 unspecified atom stereocenters. The quantitative estimate of drug-likeness (QED) is 0.245. The van der Waals surface area contributed by atoms with Crippen molar-refractivity contribution in [2.45, 2.75) is 24.4 Å². The van der Waals surface area contributed by atoms with Crippen LogP contribution in [-0.2, 0) is 23.9 Å². The minimum Gasteiger partial charge on any atom is -0.476 e. The number of aliphatic hydroxyl groups is 4. The van der Waals surface area contributed by atoms with Gasteiger partial charge in [-0.3, -0.25) is 9.59 Å². The molecule has 2 aliphatic heterocycles. The van der Waals surface area contributed by atoms with Gasteiger partial charge in [0.25, 0.3) is 5.78 Å². The van der Waals surface area contributed by atoms with E-state index in [9.17, 15) is 14.4 Å². The number of allylic oxidation sites excluding steroid dienone is 1. The fourth-order valence-corrected chi connectivity index (χ4v) is 1.57. The van der Waals surface area contributed by atoms with E-state index in [1.165, 1.54) is 12.2 Å². The summed E-state index contributed by atoms with van der Waals surface area (Å²) in [6, 6.07) is 0. The van der Waals surface area contributed by atoms with Crippen molar-refractivity contribution in [1.82, 2.24) is 0 Å². The van der Waals surface area contributed by atoms with Crippen molar-refractivity contribution in [1.29, 1.82) is 0 Å². The van der Waals surface area contributed by atoms with Gasteiger partial charge in [0, 0.05) is 6.08 Å². The highest BCUT2D eigenvalue weighted by Gasteiger charge is 2.41. The number of aliphatic hydroxyl groups excluding tert-OH is 4. The topological polar surface area (TPSA) is 151 Å². The van der Waals surface area contributed by atoms with Crippen LogP contribution in [0.1, 0.15) is 0 Å². The van der Waals surface area contributed by atoms with Crippen molar-refractivity contribution in [3.05, 3.63) is 24.5 Å². The molecule has 122 valence electrons. The fraction of sp³-hybridized carbons (Fsp3) is 0.462. The Morgan fingerprint density at radius 2 is 1.68 bits per heavy atom. The highest BCUT2D eigenvalue weighted by atomic mass is 16.6. The van der Waals surface area contributed by atoms with Crippen LogP contribution in [0.4, 0.5) is 0 Å². The first-order valence-corrected chi connectivity index (χ1v) is 6.22. The molecule has 2 heterocycles. The van der Waals surface area contributed by atoms with Gasteiger partial charge in [0.1, 0.15) is 18.3 Å². The molecule has 0 aliphatic carbocycles. The summed E-state index contributed by atoms with van der Waals surface area (Å²) in [5, 5.41) is 34.7. The van der Waals surface area contributed by atoms with Crippen molar-refractivity contribution in [3.8, 4) is 0 Å². The molecule has 2 rings (SSSR count). The van der Waals surface area contributed by atoms with Crippen LogP contribution in [0.15, 0.2) is 24.5 Å². The van der Waals surface area contributed by atoms with E-state index in [0.717, 1.165) is 0 Å². The monoisotopic (exact) mass is 316 g/mol. The van der Waals surface area contributed by atoms with E-state index in [1.54, 1.807) is 0 Å². The molecule has 0 aromatic heterocycles. The Morgan fingerprint density at radius 1 is 1.09 bits per heavy atom. The second-order valence-electron chi connectivity index (χ2n) is 4.42. The van der Waals surface area contributed by atoms with Crippen molar-refractivity contribution >= 4 is 17.5 Å². The molecule has 0 aromatic carbocycles. The summed E-state index contributed by atoms with van der Waals surface area (Å²) in [4.78, 5) is 32.1. The summed E-state index contributed by atoms with van der Waals surface area (Å²) in [6.45, 7) is 2.14. The average molecular weight is 316 g/mol. The lowest BCUT2D eigenvalue weighted by Gasteiger charge is -2.12. The van der Waals surface area contributed by atoms with Crippen LogP contribution in [0.25, 0.3) is 0 Å². The van der Waals surface area contributed by atoms with E-state index in [0.29, 0.717) is 0 Å². The van der Waals surface area contributed by atoms with E-state index in [4.69, 9.17) is 20.4 Å². The van der Waals surface area contributed by atoms with E-state index in [2.05, 4.69) is 16.1 Å². The van der Waals surface area contributed by atoms with Crippen LogP contribution in [0.2, 0.25) is 0 Å². The Balaban J connectivity index is 0.000000224. The summed E-state index contributed by atoms with van der Waals surface area (Å²) in [7, 11) is 0. The third-order valence-electron chi connectivity index (χ3n) is 2.78. The maximum Gasteiger partial charge on any atom is 0.331 e. The van der Waals surface area contributed by atoms with Crippen molar-refractivity contribution in [3.63, 3.8) is 0 Å². The molecule has 0 spiro atoms. The van der Waals surface area contributed by atoms with E-state index in [-0.39, 0.29) is 5.76 Å². The fourth-order valence-electron chi connectivity index (χ4n) is 1.57. The maximum absolute atomic E-state index is 10.9. The Labute approximate surface area is 125 Å². The lowest BCUT2D eigenvalue weighted by Crippen LogP contribution is -2.35. The number of cyclic esters (lactones) is 1. The third-order valence-corrected chi connectivity index (χ3v) is 2.78. The van der Waals surface area contributed by atoms with Gasteiger partial charge in [-0.05, 0) is 6.08 Å². The van der Waals surface area contributed by atoms with E-state index < -0.39 is 55.2 Å². The molecule has 2 aliphatic rings. The predicted molar refractivity (Wildman–Crippen MR) is 69.2 cm³/mol. The number of rotatable bonds is 4. The molecular weight excluding hydrogens is 300 g/mol.